The van der Waals surface area contributed by atoms with Crippen molar-refractivity contribution in [1.29, 1.82) is 0 Å². The van der Waals surface area contributed by atoms with Gasteiger partial charge in [-0.3, -0.25) is 0 Å². The molecule has 0 atom stereocenters. The monoisotopic (exact) mass is 288 g/mol. The van der Waals surface area contributed by atoms with Crippen molar-refractivity contribution in [2.75, 3.05) is 0 Å². The second-order valence-electron chi connectivity index (χ2n) is 3.72. The molecule has 0 aliphatic carbocycles. The summed E-state index contributed by atoms with van der Waals surface area (Å²) in [6.07, 6.45) is 0. The maximum Gasteiger partial charge on any atom is 2.00 e. The first kappa shape index (κ1) is 14.3. The van der Waals surface area contributed by atoms with E-state index >= 15 is 0 Å². The van der Waals surface area contributed by atoms with Crippen LogP contribution in [-0.4, -0.2) is 0 Å². The zero-order chi connectivity index (χ0) is 10.6. The third-order valence-electron chi connectivity index (χ3n) is 2.73. The predicted octanol–water partition coefficient (Wildman–Crippen LogP) is 4.04. The molecule has 0 spiro atoms. The summed E-state index contributed by atoms with van der Waals surface area (Å²) in [7, 11) is 0. The van der Waals surface area contributed by atoms with Gasteiger partial charge in [0.2, 0.25) is 0 Å². The summed E-state index contributed by atoms with van der Waals surface area (Å²) in [6, 6.07) is 12.2. The van der Waals surface area contributed by atoms with E-state index in [4.69, 9.17) is 0 Å². The number of hydrogen-bond acceptors (Lipinski definition) is 0. The molecule has 0 aliphatic rings. The molecule has 0 radical (unpaired) electrons. The Kier molecular flexibility index (Phi) is 6.44. The van der Waals surface area contributed by atoms with Gasteiger partial charge >= 0.3 is 19.5 Å². The zero-order valence-electron chi connectivity index (χ0n) is 9.82. The largest absolute Gasteiger partial charge is 2.00 e. The predicted molar refractivity (Wildman–Crippen MR) is 63.0 cm³/mol. The normalized spacial score (nSPS) is 8.80. The molecule has 2 aromatic carbocycles. The van der Waals surface area contributed by atoms with Crippen LogP contribution in [0, 0.1) is 27.7 Å². The fourth-order valence-electron chi connectivity index (χ4n) is 1.45. The molecule has 0 nitrogen and oxygen atoms in total. The van der Waals surface area contributed by atoms with E-state index in [-0.39, 0.29) is 19.5 Å². The third-order valence-corrected chi connectivity index (χ3v) is 2.73. The van der Waals surface area contributed by atoms with E-state index in [9.17, 15) is 0 Å². The smallest absolute Gasteiger partial charge is 0.214 e. The van der Waals surface area contributed by atoms with Crippen molar-refractivity contribution >= 4 is 0 Å². The minimum atomic E-state index is 0. The molecular weight excluding hydrogens is 269 g/mol. The average molecular weight is 287 g/mol. The Bertz CT molecular complexity index is 326. The van der Waals surface area contributed by atoms with Crippen molar-refractivity contribution < 1.29 is 19.5 Å². The van der Waals surface area contributed by atoms with Crippen molar-refractivity contribution in [1.82, 2.24) is 0 Å². The van der Waals surface area contributed by atoms with Gasteiger partial charge in [-0.05, 0) is 0 Å². The first-order valence-electron chi connectivity index (χ1n) is 4.99. The van der Waals surface area contributed by atoms with Crippen LogP contribution in [-0.2, 0) is 19.5 Å². The quantitative estimate of drug-likeness (QED) is 0.507. The molecule has 1 heteroatoms. The van der Waals surface area contributed by atoms with Crippen molar-refractivity contribution in [3.8, 4) is 0 Å². The van der Waals surface area contributed by atoms with Crippen molar-refractivity contribution in [3.05, 3.63) is 58.7 Å². The van der Waals surface area contributed by atoms with Crippen molar-refractivity contribution in [2.45, 2.75) is 27.7 Å². The SMILES string of the molecule is Cc1c[c-](C)c(C)c1C.[Ru+2].c1cc[cH-]c1. The van der Waals surface area contributed by atoms with Crippen molar-refractivity contribution in [3.63, 3.8) is 0 Å². The second kappa shape index (κ2) is 6.74. The minimum Gasteiger partial charge on any atom is -0.214 e. The molecule has 0 amide bonds. The van der Waals surface area contributed by atoms with Crippen LogP contribution in [0.3, 0.4) is 0 Å². The molecule has 0 aromatic heterocycles. The summed E-state index contributed by atoms with van der Waals surface area (Å²) in [5.74, 6) is 0. The molecule has 2 rings (SSSR count). The van der Waals surface area contributed by atoms with Gasteiger partial charge in [0.05, 0.1) is 0 Å². The molecule has 0 aliphatic heterocycles. The van der Waals surface area contributed by atoms with Gasteiger partial charge in [0.1, 0.15) is 0 Å². The summed E-state index contributed by atoms with van der Waals surface area (Å²) >= 11 is 0. The van der Waals surface area contributed by atoms with Crippen LogP contribution in [0.25, 0.3) is 0 Å². The van der Waals surface area contributed by atoms with E-state index in [1.807, 2.05) is 30.3 Å². The van der Waals surface area contributed by atoms with E-state index in [1.54, 1.807) is 0 Å². The molecule has 0 unspecified atom stereocenters. The van der Waals surface area contributed by atoms with Crippen LogP contribution in [0.2, 0.25) is 0 Å². The molecule has 2 aromatic rings. The third kappa shape index (κ3) is 4.14. The van der Waals surface area contributed by atoms with Gasteiger partial charge in [-0.15, -0.1) is 0 Å². The Labute approximate surface area is 106 Å². The molecule has 0 bridgehead atoms. The van der Waals surface area contributed by atoms with Crippen LogP contribution in [0.15, 0.2) is 36.4 Å². The summed E-state index contributed by atoms with van der Waals surface area (Å²) in [5.41, 5.74) is 5.75. The summed E-state index contributed by atoms with van der Waals surface area (Å²) in [4.78, 5) is 0. The van der Waals surface area contributed by atoms with Gasteiger partial charge in [0.25, 0.3) is 0 Å². The van der Waals surface area contributed by atoms with Crippen LogP contribution in [0.4, 0.5) is 0 Å². The fourth-order valence-corrected chi connectivity index (χ4v) is 1.45. The Morgan fingerprint density at radius 2 is 1.60 bits per heavy atom. The van der Waals surface area contributed by atoms with Gasteiger partial charge in [-0.1, -0.05) is 27.7 Å². The molecule has 0 heterocycles. The van der Waals surface area contributed by atoms with Crippen LogP contribution >= 0.6 is 0 Å². The second-order valence-corrected chi connectivity index (χ2v) is 3.72. The number of aryl methyl sites for hydroxylation is 2. The number of rotatable bonds is 0. The Hall–Kier alpha value is -0.677. The van der Waals surface area contributed by atoms with E-state index < -0.39 is 0 Å². The maximum atomic E-state index is 2.24. The Morgan fingerprint density at radius 1 is 1.07 bits per heavy atom. The van der Waals surface area contributed by atoms with Crippen molar-refractivity contribution in [2.24, 2.45) is 0 Å². The zero-order valence-corrected chi connectivity index (χ0v) is 11.6. The maximum absolute atomic E-state index is 2.24. The Morgan fingerprint density at radius 3 is 1.73 bits per heavy atom. The summed E-state index contributed by atoms with van der Waals surface area (Å²) in [5, 5.41) is 0. The summed E-state index contributed by atoms with van der Waals surface area (Å²) in [6.45, 7) is 8.68. The van der Waals surface area contributed by atoms with Gasteiger partial charge in [-0.25, -0.2) is 12.1 Å². The average Bonchev–Trinajstić information content (AvgIpc) is 2.78. The van der Waals surface area contributed by atoms with E-state index in [2.05, 4.69) is 33.8 Å². The van der Waals surface area contributed by atoms with Crippen LogP contribution in [0.5, 0.6) is 0 Å². The molecule has 0 N–H and O–H groups in total. The first-order chi connectivity index (χ1) is 6.63. The molecule has 0 fully saturated rings. The molecule has 0 saturated heterocycles. The summed E-state index contributed by atoms with van der Waals surface area (Å²) < 4.78 is 0. The minimum absolute atomic E-state index is 0. The van der Waals surface area contributed by atoms with E-state index in [1.165, 1.54) is 22.3 Å². The van der Waals surface area contributed by atoms with E-state index in [0.717, 1.165) is 0 Å². The standard InChI is InChI=1S/C9H13.C5H5.Ru/c1-6-5-7(2)9(4)8(6)3;1-2-4-5-3-1;/h5H,1-4H3;1-5H;/q2*-1;+2. The first-order valence-corrected chi connectivity index (χ1v) is 4.99. The topological polar surface area (TPSA) is 0 Å². The molecule has 82 valence electrons. The number of hydrogen-bond donors (Lipinski definition) is 0. The van der Waals surface area contributed by atoms with Crippen LogP contribution in [0.1, 0.15) is 22.3 Å². The van der Waals surface area contributed by atoms with Gasteiger partial charge in [-0.2, -0.15) is 46.5 Å². The molecule has 15 heavy (non-hydrogen) atoms. The molecule has 0 saturated carbocycles. The fraction of sp³-hybridized carbons (Fsp3) is 0.286. The van der Waals surface area contributed by atoms with Crippen LogP contribution < -0.4 is 0 Å². The Balaban J connectivity index is 0.000000280. The van der Waals surface area contributed by atoms with Gasteiger partial charge < -0.3 is 0 Å². The van der Waals surface area contributed by atoms with Gasteiger partial charge in [0, 0.05) is 0 Å². The van der Waals surface area contributed by atoms with Gasteiger partial charge in [0.15, 0.2) is 0 Å². The van der Waals surface area contributed by atoms with E-state index in [0.29, 0.717) is 0 Å². The molecular formula is C14H18Ru.